The van der Waals surface area contributed by atoms with Crippen molar-refractivity contribution in [1.82, 2.24) is 15.2 Å². The third-order valence-corrected chi connectivity index (χ3v) is 2.06. The number of pyridine rings is 1. The highest BCUT2D eigenvalue weighted by molar-refractivity contribution is 5.60. The Morgan fingerprint density at radius 1 is 1.47 bits per heavy atom. The normalized spacial score (nSPS) is 10.0. The van der Waals surface area contributed by atoms with Crippen LogP contribution in [0.2, 0.25) is 0 Å². The monoisotopic (exact) mass is 204 g/mol. The van der Waals surface area contributed by atoms with E-state index in [1.807, 2.05) is 19.1 Å². The molecule has 2 aromatic heterocycles. The summed E-state index contributed by atoms with van der Waals surface area (Å²) >= 11 is 0. The Morgan fingerprint density at radius 3 is 3.00 bits per heavy atom. The number of methoxy groups -OCH3 is 1. The molecular formula is C10H12N4O. The van der Waals surface area contributed by atoms with Gasteiger partial charge in [-0.1, -0.05) is 0 Å². The number of aromatic nitrogens is 3. The first kappa shape index (κ1) is 9.51. The molecule has 0 saturated heterocycles. The zero-order valence-corrected chi connectivity index (χ0v) is 8.61. The summed E-state index contributed by atoms with van der Waals surface area (Å²) in [4.78, 5) is 4.10. The number of ether oxygens (including phenoxy) is 1. The van der Waals surface area contributed by atoms with Crippen LogP contribution in [-0.2, 0) is 0 Å². The van der Waals surface area contributed by atoms with Gasteiger partial charge in [-0.15, -0.1) is 0 Å². The van der Waals surface area contributed by atoms with Crippen LogP contribution >= 0.6 is 0 Å². The van der Waals surface area contributed by atoms with Gasteiger partial charge in [0.2, 0.25) is 5.88 Å². The Morgan fingerprint density at radius 2 is 2.33 bits per heavy atom. The molecule has 2 aromatic rings. The van der Waals surface area contributed by atoms with E-state index >= 15 is 0 Å². The van der Waals surface area contributed by atoms with Crippen molar-refractivity contribution in [3.05, 3.63) is 30.1 Å². The van der Waals surface area contributed by atoms with Crippen LogP contribution in [0.1, 0.15) is 5.56 Å². The van der Waals surface area contributed by atoms with Gasteiger partial charge in [0.15, 0.2) is 0 Å². The summed E-state index contributed by atoms with van der Waals surface area (Å²) < 4.78 is 5.05. The Balaban J connectivity index is 2.27. The number of nitrogens with zero attached hydrogens (tertiary/aromatic N) is 2. The lowest BCUT2D eigenvalue weighted by molar-refractivity contribution is 0.398. The highest BCUT2D eigenvalue weighted by atomic mass is 16.5. The van der Waals surface area contributed by atoms with E-state index in [2.05, 4.69) is 20.5 Å². The van der Waals surface area contributed by atoms with Crippen LogP contribution in [0.25, 0.3) is 0 Å². The van der Waals surface area contributed by atoms with Crippen LogP contribution in [0.15, 0.2) is 24.5 Å². The maximum Gasteiger partial charge on any atom is 0.215 e. The molecule has 0 atom stereocenters. The van der Waals surface area contributed by atoms with Crippen molar-refractivity contribution < 1.29 is 4.74 Å². The van der Waals surface area contributed by atoms with Crippen LogP contribution in [-0.4, -0.2) is 22.3 Å². The Labute approximate surface area is 87.5 Å². The number of aryl methyl sites for hydroxylation is 1. The summed E-state index contributed by atoms with van der Waals surface area (Å²) in [7, 11) is 1.59. The van der Waals surface area contributed by atoms with E-state index in [1.165, 1.54) is 0 Å². The Kier molecular flexibility index (Phi) is 2.53. The molecule has 0 radical (unpaired) electrons. The lowest BCUT2D eigenvalue weighted by atomic mass is 10.2. The third-order valence-electron chi connectivity index (χ3n) is 2.06. The van der Waals surface area contributed by atoms with Gasteiger partial charge in [0.05, 0.1) is 13.3 Å². The van der Waals surface area contributed by atoms with Crippen molar-refractivity contribution in [2.45, 2.75) is 6.92 Å². The van der Waals surface area contributed by atoms with Gasteiger partial charge >= 0.3 is 0 Å². The van der Waals surface area contributed by atoms with Crippen molar-refractivity contribution in [2.24, 2.45) is 0 Å². The smallest absolute Gasteiger partial charge is 0.215 e. The zero-order valence-electron chi connectivity index (χ0n) is 8.61. The lowest BCUT2D eigenvalue weighted by Gasteiger charge is -2.08. The van der Waals surface area contributed by atoms with E-state index in [9.17, 15) is 0 Å². The molecule has 2 N–H and O–H groups in total. The van der Waals surface area contributed by atoms with Gasteiger partial charge in [-0.25, -0.2) is 4.98 Å². The molecule has 5 nitrogen and oxygen atoms in total. The molecule has 78 valence electrons. The van der Waals surface area contributed by atoms with Gasteiger partial charge in [0.25, 0.3) is 0 Å². The second-order valence-electron chi connectivity index (χ2n) is 3.14. The molecule has 2 heterocycles. The number of aromatic amines is 1. The molecule has 0 aliphatic heterocycles. The third kappa shape index (κ3) is 2.07. The fraction of sp³-hybridized carbons (Fsp3) is 0.200. The predicted octanol–water partition coefficient (Wildman–Crippen LogP) is 1.87. The zero-order chi connectivity index (χ0) is 10.7. The number of hydrogen-bond acceptors (Lipinski definition) is 4. The molecule has 0 fully saturated rings. The van der Waals surface area contributed by atoms with Gasteiger partial charge in [0, 0.05) is 24.0 Å². The average molecular weight is 204 g/mol. The molecule has 15 heavy (non-hydrogen) atoms. The highest BCUT2D eigenvalue weighted by Gasteiger charge is 2.02. The minimum atomic E-state index is 0.586. The molecule has 0 unspecified atom stereocenters. The average Bonchev–Trinajstić information content (AvgIpc) is 2.74. The molecule has 0 aliphatic carbocycles. The summed E-state index contributed by atoms with van der Waals surface area (Å²) in [5.74, 6) is 1.42. The van der Waals surface area contributed by atoms with E-state index in [1.54, 1.807) is 19.5 Å². The maximum atomic E-state index is 5.05. The number of H-pyrrole nitrogens is 1. The summed E-state index contributed by atoms with van der Waals surface area (Å²) in [5, 5.41) is 9.87. The first-order chi connectivity index (χ1) is 7.29. The number of nitrogens with one attached hydrogen (secondary N) is 2. The molecule has 5 heteroatoms. The number of rotatable bonds is 3. The van der Waals surface area contributed by atoms with Gasteiger partial charge < -0.3 is 10.1 Å². The molecule has 0 amide bonds. The lowest BCUT2D eigenvalue weighted by Crippen LogP contribution is -1.96. The molecule has 0 aromatic carbocycles. The second-order valence-corrected chi connectivity index (χ2v) is 3.14. The van der Waals surface area contributed by atoms with Crippen molar-refractivity contribution >= 4 is 11.5 Å². The van der Waals surface area contributed by atoms with Crippen molar-refractivity contribution in [3.8, 4) is 5.88 Å². The first-order valence-electron chi connectivity index (χ1n) is 4.56. The summed E-state index contributed by atoms with van der Waals surface area (Å²) in [6.45, 7) is 1.98. The minimum Gasteiger partial charge on any atom is -0.481 e. The highest BCUT2D eigenvalue weighted by Crippen LogP contribution is 2.21. The Bertz CT molecular complexity index is 439. The van der Waals surface area contributed by atoms with E-state index in [-0.39, 0.29) is 0 Å². The standard InChI is InChI=1S/C10H12N4O/c1-7-6-11-10(15-2)5-8(7)13-9-3-4-12-14-9/h3-6H,1-2H3,(H2,11,12,13,14). The summed E-state index contributed by atoms with van der Waals surface area (Å²) in [5.41, 5.74) is 2.00. The number of anilines is 2. The fourth-order valence-electron chi connectivity index (χ4n) is 1.22. The van der Waals surface area contributed by atoms with Crippen molar-refractivity contribution in [2.75, 3.05) is 12.4 Å². The number of hydrogen-bond donors (Lipinski definition) is 2. The summed E-state index contributed by atoms with van der Waals surface area (Å²) in [6, 6.07) is 3.70. The molecule has 0 spiro atoms. The topological polar surface area (TPSA) is 62.8 Å². The summed E-state index contributed by atoms with van der Waals surface area (Å²) in [6.07, 6.45) is 3.45. The Hall–Kier alpha value is -2.04. The largest absolute Gasteiger partial charge is 0.481 e. The van der Waals surface area contributed by atoms with E-state index in [0.29, 0.717) is 5.88 Å². The van der Waals surface area contributed by atoms with Crippen LogP contribution in [0, 0.1) is 6.92 Å². The van der Waals surface area contributed by atoms with Crippen LogP contribution in [0.3, 0.4) is 0 Å². The molecule has 0 bridgehead atoms. The van der Waals surface area contributed by atoms with E-state index in [4.69, 9.17) is 4.74 Å². The van der Waals surface area contributed by atoms with Crippen LogP contribution in [0.4, 0.5) is 11.5 Å². The van der Waals surface area contributed by atoms with Crippen molar-refractivity contribution in [3.63, 3.8) is 0 Å². The van der Waals surface area contributed by atoms with Crippen molar-refractivity contribution in [1.29, 1.82) is 0 Å². The quantitative estimate of drug-likeness (QED) is 0.801. The molecular weight excluding hydrogens is 192 g/mol. The molecule has 2 rings (SSSR count). The van der Waals surface area contributed by atoms with Crippen LogP contribution in [0.5, 0.6) is 5.88 Å². The first-order valence-corrected chi connectivity index (χ1v) is 4.56. The maximum absolute atomic E-state index is 5.05. The predicted molar refractivity (Wildman–Crippen MR) is 57.4 cm³/mol. The fourth-order valence-corrected chi connectivity index (χ4v) is 1.22. The second kappa shape index (κ2) is 4.00. The SMILES string of the molecule is COc1cc(Nc2ccn[nH]2)c(C)cn1. The molecule has 0 saturated carbocycles. The molecule has 0 aliphatic rings. The van der Waals surface area contributed by atoms with Gasteiger partial charge in [-0.2, -0.15) is 5.10 Å². The minimum absolute atomic E-state index is 0.586. The van der Waals surface area contributed by atoms with Gasteiger partial charge in [-0.05, 0) is 12.5 Å². The van der Waals surface area contributed by atoms with Gasteiger partial charge in [0.1, 0.15) is 5.82 Å². The van der Waals surface area contributed by atoms with Crippen LogP contribution < -0.4 is 10.1 Å². The van der Waals surface area contributed by atoms with E-state index in [0.717, 1.165) is 17.1 Å². The van der Waals surface area contributed by atoms with Gasteiger partial charge in [-0.3, -0.25) is 5.10 Å². The van der Waals surface area contributed by atoms with E-state index < -0.39 is 0 Å².